The predicted octanol–water partition coefficient (Wildman–Crippen LogP) is 10.6. The van der Waals surface area contributed by atoms with Gasteiger partial charge in [0.25, 0.3) is 0 Å². The van der Waals surface area contributed by atoms with Gasteiger partial charge in [0.05, 0.1) is 39.8 Å². The van der Waals surface area contributed by atoms with Gasteiger partial charge >= 0.3 is 0 Å². The fourth-order valence-corrected chi connectivity index (χ4v) is 7.53. The molecule has 0 fully saturated rings. The summed E-state index contributed by atoms with van der Waals surface area (Å²) < 4.78 is 10.6. The Balaban J connectivity index is 1.20. The van der Waals surface area contributed by atoms with Gasteiger partial charge in [0.2, 0.25) is 0 Å². The molecule has 0 aliphatic rings. The zero-order chi connectivity index (χ0) is 32.6. The topological polar surface area (TPSA) is 83.5 Å². The largest absolute Gasteiger partial charge is 0.456 e. The molecule has 0 saturated carbocycles. The van der Waals surface area contributed by atoms with Gasteiger partial charge in [-0.1, -0.05) is 48.5 Å². The number of hydrogen-bond acceptors (Lipinski definition) is 4. The van der Waals surface area contributed by atoms with Crippen LogP contribution >= 0.6 is 0 Å². The van der Waals surface area contributed by atoms with E-state index in [-0.39, 0.29) is 0 Å². The molecule has 6 nitrogen and oxygen atoms in total. The van der Waals surface area contributed by atoms with Crippen molar-refractivity contribution in [3.8, 4) is 34.6 Å². The number of hydrogen-bond donors (Lipinski definition) is 0. The molecule has 49 heavy (non-hydrogen) atoms. The van der Waals surface area contributed by atoms with Gasteiger partial charge in [0, 0.05) is 49.9 Å². The van der Waals surface area contributed by atoms with Crippen LogP contribution in [0.4, 0.5) is 0 Å². The Kier molecular flexibility index (Phi) is 5.61. The van der Waals surface area contributed by atoms with Crippen LogP contribution < -0.4 is 0 Å². The van der Waals surface area contributed by atoms with E-state index >= 15 is 0 Å². The van der Waals surface area contributed by atoms with Crippen LogP contribution in [0.1, 0.15) is 11.1 Å². The van der Waals surface area contributed by atoms with E-state index in [1.165, 1.54) is 0 Å². The first-order chi connectivity index (χ1) is 24.2. The summed E-state index contributed by atoms with van der Waals surface area (Å²) in [5.41, 5.74) is 10.5. The van der Waals surface area contributed by atoms with E-state index < -0.39 is 0 Å². The van der Waals surface area contributed by atoms with E-state index in [1.54, 1.807) is 0 Å². The number of fused-ring (bicyclic) bond motifs is 10. The van der Waals surface area contributed by atoms with Crippen LogP contribution in [-0.4, -0.2) is 14.1 Å². The van der Waals surface area contributed by atoms with Crippen molar-refractivity contribution in [2.75, 3.05) is 0 Å². The van der Waals surface area contributed by atoms with Gasteiger partial charge in [0.15, 0.2) is 0 Å². The maximum atomic E-state index is 10.2. The van der Waals surface area contributed by atoms with E-state index in [4.69, 9.17) is 9.40 Å². The fourth-order valence-electron chi connectivity index (χ4n) is 7.53. The van der Waals surface area contributed by atoms with Crippen LogP contribution in [0.15, 0.2) is 144 Å². The first-order valence-electron chi connectivity index (χ1n) is 16.0. The standard InChI is InChI=1S/C43H23N5O/c44-24-26-14-15-37-35(21-26)32-9-1-3-12-36(32)47(37)31-20-27(25-45)19-29(23-31)28-7-5-8-30(22-28)48-38-16-17-40-42(33-10-2-4-13-39(33)49-40)41(38)34-11-6-18-46-43(34)48/h1-23H. The third kappa shape index (κ3) is 3.89. The van der Waals surface area contributed by atoms with Crippen LogP contribution in [0.5, 0.6) is 0 Å². The van der Waals surface area contributed by atoms with Crippen molar-refractivity contribution in [1.29, 1.82) is 10.5 Å². The second-order valence-electron chi connectivity index (χ2n) is 12.3. The molecule has 4 heterocycles. The monoisotopic (exact) mass is 625 g/mol. The molecular formula is C43H23N5O. The smallest absolute Gasteiger partial charge is 0.145 e. The zero-order valence-corrected chi connectivity index (χ0v) is 25.9. The highest BCUT2D eigenvalue weighted by molar-refractivity contribution is 6.27. The molecule has 6 heteroatoms. The minimum Gasteiger partial charge on any atom is -0.456 e. The quantitative estimate of drug-likeness (QED) is 0.196. The molecule has 0 aliphatic carbocycles. The van der Waals surface area contributed by atoms with Gasteiger partial charge in [-0.05, 0) is 96.1 Å². The average molecular weight is 626 g/mol. The summed E-state index contributed by atoms with van der Waals surface area (Å²) in [5.74, 6) is 0. The van der Waals surface area contributed by atoms with E-state index in [1.807, 2.05) is 79.0 Å². The molecular weight excluding hydrogens is 603 g/mol. The van der Waals surface area contributed by atoms with Gasteiger partial charge < -0.3 is 8.98 Å². The second-order valence-corrected chi connectivity index (χ2v) is 12.3. The first-order valence-corrected chi connectivity index (χ1v) is 16.0. The first kappa shape index (κ1) is 27.0. The Morgan fingerprint density at radius 1 is 0.490 bits per heavy atom. The van der Waals surface area contributed by atoms with Crippen LogP contribution in [0.25, 0.3) is 88.2 Å². The highest BCUT2D eigenvalue weighted by Crippen LogP contribution is 2.41. The van der Waals surface area contributed by atoms with Gasteiger partial charge in [-0.3, -0.25) is 4.57 Å². The minimum atomic E-state index is 0.560. The Hall–Kier alpha value is -7.15. The summed E-state index contributed by atoms with van der Waals surface area (Å²) in [5, 5.41) is 26.2. The lowest BCUT2D eigenvalue weighted by Crippen LogP contribution is -1.97. The number of aromatic nitrogens is 3. The van der Waals surface area contributed by atoms with E-state index in [0.29, 0.717) is 11.1 Å². The second kappa shape index (κ2) is 10.2. The summed E-state index contributed by atoms with van der Waals surface area (Å²) in [6.45, 7) is 0. The summed E-state index contributed by atoms with van der Waals surface area (Å²) in [4.78, 5) is 4.88. The number of furan rings is 1. The van der Waals surface area contributed by atoms with Crippen molar-refractivity contribution in [2.45, 2.75) is 0 Å². The minimum absolute atomic E-state index is 0.560. The maximum Gasteiger partial charge on any atom is 0.145 e. The third-order valence-corrected chi connectivity index (χ3v) is 9.57. The highest BCUT2D eigenvalue weighted by atomic mass is 16.3. The molecule has 10 aromatic rings. The van der Waals surface area contributed by atoms with Crippen molar-refractivity contribution in [2.24, 2.45) is 0 Å². The normalized spacial score (nSPS) is 11.6. The Bertz CT molecular complexity index is 3090. The molecule has 0 aliphatic heterocycles. The zero-order valence-electron chi connectivity index (χ0n) is 25.9. The lowest BCUT2D eigenvalue weighted by atomic mass is 10.0. The maximum absolute atomic E-state index is 10.2. The number of para-hydroxylation sites is 2. The summed E-state index contributed by atoms with van der Waals surface area (Å²) >= 11 is 0. The van der Waals surface area contributed by atoms with Gasteiger partial charge in [-0.2, -0.15) is 10.5 Å². The van der Waals surface area contributed by atoms with Crippen LogP contribution in [0.2, 0.25) is 0 Å². The van der Waals surface area contributed by atoms with Gasteiger partial charge in [-0.15, -0.1) is 0 Å². The van der Waals surface area contributed by atoms with Gasteiger partial charge in [-0.25, -0.2) is 4.98 Å². The highest BCUT2D eigenvalue weighted by Gasteiger charge is 2.20. The summed E-state index contributed by atoms with van der Waals surface area (Å²) in [6, 6.07) is 49.4. The molecule has 0 spiro atoms. The Morgan fingerprint density at radius 2 is 1.27 bits per heavy atom. The summed E-state index contributed by atoms with van der Waals surface area (Å²) in [7, 11) is 0. The molecule has 0 bridgehead atoms. The van der Waals surface area contributed by atoms with Crippen molar-refractivity contribution >= 4 is 65.7 Å². The van der Waals surface area contributed by atoms with Crippen molar-refractivity contribution in [3.63, 3.8) is 0 Å². The van der Waals surface area contributed by atoms with Crippen LogP contribution in [0.3, 0.4) is 0 Å². The van der Waals surface area contributed by atoms with Crippen LogP contribution in [-0.2, 0) is 0 Å². The van der Waals surface area contributed by atoms with E-state index in [0.717, 1.165) is 88.2 Å². The number of nitriles is 2. The molecule has 4 aromatic heterocycles. The molecule has 10 rings (SSSR count). The lowest BCUT2D eigenvalue weighted by molar-refractivity contribution is 0.669. The van der Waals surface area contributed by atoms with Crippen molar-refractivity contribution < 1.29 is 4.42 Å². The number of rotatable bonds is 3. The Labute approximate surface area is 279 Å². The van der Waals surface area contributed by atoms with Crippen LogP contribution in [0, 0.1) is 22.7 Å². The van der Waals surface area contributed by atoms with Crippen molar-refractivity contribution in [1.82, 2.24) is 14.1 Å². The van der Waals surface area contributed by atoms with E-state index in [9.17, 15) is 10.5 Å². The lowest BCUT2D eigenvalue weighted by Gasteiger charge is -2.13. The average Bonchev–Trinajstić information content (AvgIpc) is 3.82. The third-order valence-electron chi connectivity index (χ3n) is 9.57. The molecule has 226 valence electrons. The molecule has 0 unspecified atom stereocenters. The predicted molar refractivity (Wildman–Crippen MR) is 195 cm³/mol. The van der Waals surface area contributed by atoms with Gasteiger partial charge in [0.1, 0.15) is 16.8 Å². The fraction of sp³-hybridized carbons (Fsp3) is 0. The molecule has 0 radical (unpaired) electrons. The molecule has 6 aromatic carbocycles. The molecule has 0 saturated heterocycles. The molecule has 0 atom stereocenters. The van der Waals surface area contributed by atoms with E-state index in [2.05, 4.69) is 81.9 Å². The molecule has 0 N–H and O–H groups in total. The number of pyridine rings is 1. The van der Waals surface area contributed by atoms with Crippen molar-refractivity contribution in [3.05, 3.63) is 151 Å². The summed E-state index contributed by atoms with van der Waals surface area (Å²) in [6.07, 6.45) is 1.83. The number of nitrogens with zero attached hydrogens (tertiary/aromatic N) is 5. The molecule has 0 amide bonds. The number of benzene rings is 6. The SMILES string of the molecule is N#Cc1cc(-c2cccc(-n3c4ccc5oc6ccccc6c5c4c4cccnc43)c2)cc(-n2c3ccccc3c3cc(C#N)ccc32)c1. The Morgan fingerprint density at radius 3 is 2.16 bits per heavy atom.